The molecule has 90 valence electrons. The molecule has 0 atom stereocenters. The Bertz CT molecular complexity index is 519. The molecule has 0 fully saturated rings. The maximum Gasteiger partial charge on any atom is 0.0898 e. The zero-order valence-corrected chi connectivity index (χ0v) is 11.2. The molecule has 0 aliphatic rings. The van der Waals surface area contributed by atoms with Crippen molar-refractivity contribution >= 4 is 22.7 Å². The number of hydrogen-bond acceptors (Lipinski definition) is 4. The normalized spacial score (nSPS) is 10.5. The van der Waals surface area contributed by atoms with Crippen LogP contribution in [0.1, 0.15) is 16.3 Å². The van der Waals surface area contributed by atoms with E-state index in [4.69, 9.17) is 5.73 Å². The molecule has 4 heteroatoms. The molecular formula is C13H17N3S. The van der Waals surface area contributed by atoms with Crippen LogP contribution in [0.5, 0.6) is 0 Å². The summed E-state index contributed by atoms with van der Waals surface area (Å²) >= 11 is 1.68. The van der Waals surface area contributed by atoms with Crippen LogP contribution in [0.25, 0.3) is 0 Å². The maximum atomic E-state index is 5.92. The molecule has 1 aromatic heterocycles. The van der Waals surface area contributed by atoms with Crippen LogP contribution >= 0.6 is 11.3 Å². The molecule has 2 N–H and O–H groups in total. The molecule has 0 amide bonds. The number of aromatic nitrogens is 1. The van der Waals surface area contributed by atoms with Gasteiger partial charge in [-0.05, 0) is 31.5 Å². The van der Waals surface area contributed by atoms with Gasteiger partial charge in [0.15, 0.2) is 0 Å². The third-order valence-electron chi connectivity index (χ3n) is 2.77. The summed E-state index contributed by atoms with van der Waals surface area (Å²) in [5.41, 5.74) is 10.1. The van der Waals surface area contributed by atoms with Gasteiger partial charge in [0.2, 0.25) is 0 Å². The van der Waals surface area contributed by atoms with E-state index < -0.39 is 0 Å². The van der Waals surface area contributed by atoms with Crippen LogP contribution in [0.4, 0.5) is 11.4 Å². The van der Waals surface area contributed by atoms with E-state index in [1.807, 2.05) is 26.0 Å². The van der Waals surface area contributed by atoms with E-state index in [9.17, 15) is 0 Å². The SMILES string of the molecule is Cc1nc(CN(C)c2ccc(C)c(N)c2)cs1. The van der Waals surface area contributed by atoms with Crippen molar-refractivity contribution in [1.82, 2.24) is 4.98 Å². The number of nitrogens with zero attached hydrogens (tertiary/aromatic N) is 2. The highest BCUT2D eigenvalue weighted by Crippen LogP contribution is 2.21. The molecule has 0 saturated heterocycles. The quantitative estimate of drug-likeness (QED) is 0.848. The van der Waals surface area contributed by atoms with E-state index in [2.05, 4.69) is 28.4 Å². The first-order valence-electron chi connectivity index (χ1n) is 5.54. The second-order valence-electron chi connectivity index (χ2n) is 4.25. The summed E-state index contributed by atoms with van der Waals surface area (Å²) in [7, 11) is 2.05. The van der Waals surface area contributed by atoms with Gasteiger partial charge in [-0.1, -0.05) is 6.07 Å². The van der Waals surface area contributed by atoms with E-state index in [0.29, 0.717) is 0 Å². The highest BCUT2D eigenvalue weighted by Gasteiger charge is 2.06. The molecule has 3 nitrogen and oxygen atoms in total. The second kappa shape index (κ2) is 4.75. The Morgan fingerprint density at radius 1 is 1.35 bits per heavy atom. The number of hydrogen-bond donors (Lipinski definition) is 1. The second-order valence-corrected chi connectivity index (χ2v) is 5.32. The van der Waals surface area contributed by atoms with Gasteiger partial charge in [0.1, 0.15) is 0 Å². The number of anilines is 2. The fourth-order valence-electron chi connectivity index (χ4n) is 1.68. The first-order chi connectivity index (χ1) is 8.06. The summed E-state index contributed by atoms with van der Waals surface area (Å²) in [4.78, 5) is 6.62. The summed E-state index contributed by atoms with van der Waals surface area (Å²) in [6.45, 7) is 4.85. The molecule has 0 bridgehead atoms. The Morgan fingerprint density at radius 2 is 2.12 bits per heavy atom. The molecular weight excluding hydrogens is 230 g/mol. The highest BCUT2D eigenvalue weighted by atomic mass is 32.1. The van der Waals surface area contributed by atoms with Gasteiger partial charge in [0, 0.05) is 23.8 Å². The fourth-order valence-corrected chi connectivity index (χ4v) is 2.28. The Morgan fingerprint density at radius 3 is 2.71 bits per heavy atom. The standard InChI is InChI=1S/C13H17N3S/c1-9-4-5-12(6-13(9)14)16(3)7-11-8-17-10(2)15-11/h4-6,8H,7,14H2,1-3H3. The summed E-state index contributed by atoms with van der Waals surface area (Å²) in [6, 6.07) is 6.15. The molecule has 0 aliphatic carbocycles. The minimum atomic E-state index is 0.812. The van der Waals surface area contributed by atoms with Gasteiger partial charge in [0.25, 0.3) is 0 Å². The summed E-state index contributed by atoms with van der Waals surface area (Å²) in [5.74, 6) is 0. The average molecular weight is 247 g/mol. The predicted octanol–water partition coefficient (Wildman–Crippen LogP) is 2.98. The van der Waals surface area contributed by atoms with Crippen molar-refractivity contribution in [2.24, 2.45) is 0 Å². The number of rotatable bonds is 3. The van der Waals surface area contributed by atoms with Crippen molar-refractivity contribution in [3.05, 3.63) is 39.8 Å². The van der Waals surface area contributed by atoms with E-state index in [0.717, 1.165) is 34.2 Å². The van der Waals surface area contributed by atoms with Crippen molar-refractivity contribution < 1.29 is 0 Å². The van der Waals surface area contributed by atoms with Gasteiger partial charge >= 0.3 is 0 Å². The lowest BCUT2D eigenvalue weighted by Crippen LogP contribution is -2.16. The zero-order chi connectivity index (χ0) is 12.4. The van der Waals surface area contributed by atoms with Crippen molar-refractivity contribution in [2.45, 2.75) is 20.4 Å². The first kappa shape index (κ1) is 11.9. The zero-order valence-electron chi connectivity index (χ0n) is 10.4. The van der Waals surface area contributed by atoms with E-state index >= 15 is 0 Å². The van der Waals surface area contributed by atoms with Crippen LogP contribution in [0.3, 0.4) is 0 Å². The molecule has 2 rings (SSSR count). The summed E-state index contributed by atoms with van der Waals surface area (Å²) in [5, 5.41) is 3.21. The van der Waals surface area contributed by atoms with Gasteiger partial charge in [-0.2, -0.15) is 0 Å². The molecule has 0 saturated carbocycles. The van der Waals surface area contributed by atoms with Crippen LogP contribution in [0.15, 0.2) is 23.6 Å². The molecule has 0 radical (unpaired) electrons. The Hall–Kier alpha value is -1.55. The molecule has 0 spiro atoms. The number of nitrogen functional groups attached to an aromatic ring is 1. The van der Waals surface area contributed by atoms with Crippen molar-refractivity contribution in [3.8, 4) is 0 Å². The Balaban J connectivity index is 2.14. The van der Waals surface area contributed by atoms with Crippen molar-refractivity contribution in [2.75, 3.05) is 17.7 Å². The molecule has 1 aromatic carbocycles. The van der Waals surface area contributed by atoms with Gasteiger partial charge < -0.3 is 10.6 Å². The maximum absolute atomic E-state index is 5.92. The number of aryl methyl sites for hydroxylation is 2. The lowest BCUT2D eigenvalue weighted by molar-refractivity contribution is 0.890. The molecule has 1 heterocycles. The Kier molecular flexibility index (Phi) is 3.33. The van der Waals surface area contributed by atoms with E-state index in [-0.39, 0.29) is 0 Å². The Labute approximate surface area is 106 Å². The minimum absolute atomic E-state index is 0.812. The van der Waals surface area contributed by atoms with Crippen molar-refractivity contribution in [1.29, 1.82) is 0 Å². The van der Waals surface area contributed by atoms with Gasteiger partial charge in [-0.25, -0.2) is 4.98 Å². The van der Waals surface area contributed by atoms with Crippen molar-refractivity contribution in [3.63, 3.8) is 0 Å². The number of benzene rings is 1. The van der Waals surface area contributed by atoms with Crippen LogP contribution in [0.2, 0.25) is 0 Å². The van der Waals surface area contributed by atoms with Crippen LogP contribution < -0.4 is 10.6 Å². The lowest BCUT2D eigenvalue weighted by Gasteiger charge is -2.19. The molecule has 17 heavy (non-hydrogen) atoms. The van der Waals surface area contributed by atoms with Crippen LogP contribution in [0, 0.1) is 13.8 Å². The average Bonchev–Trinajstić information content (AvgIpc) is 2.68. The fraction of sp³-hybridized carbons (Fsp3) is 0.308. The first-order valence-corrected chi connectivity index (χ1v) is 6.42. The predicted molar refractivity (Wildman–Crippen MR) is 74.5 cm³/mol. The molecule has 2 aromatic rings. The third kappa shape index (κ3) is 2.77. The minimum Gasteiger partial charge on any atom is -0.398 e. The smallest absolute Gasteiger partial charge is 0.0898 e. The number of nitrogens with two attached hydrogens (primary N) is 1. The van der Waals surface area contributed by atoms with Crippen LogP contribution in [-0.2, 0) is 6.54 Å². The monoisotopic (exact) mass is 247 g/mol. The van der Waals surface area contributed by atoms with Crippen LogP contribution in [-0.4, -0.2) is 12.0 Å². The van der Waals surface area contributed by atoms with Gasteiger partial charge in [0.05, 0.1) is 17.2 Å². The van der Waals surface area contributed by atoms with Gasteiger partial charge in [-0.3, -0.25) is 0 Å². The highest BCUT2D eigenvalue weighted by molar-refractivity contribution is 7.09. The van der Waals surface area contributed by atoms with Gasteiger partial charge in [-0.15, -0.1) is 11.3 Å². The lowest BCUT2D eigenvalue weighted by atomic mass is 10.2. The van der Waals surface area contributed by atoms with E-state index in [1.165, 1.54) is 0 Å². The largest absolute Gasteiger partial charge is 0.398 e. The number of thiazole rings is 1. The topological polar surface area (TPSA) is 42.2 Å². The molecule has 0 unspecified atom stereocenters. The third-order valence-corrected chi connectivity index (χ3v) is 3.59. The summed E-state index contributed by atoms with van der Waals surface area (Å²) in [6.07, 6.45) is 0. The molecule has 0 aliphatic heterocycles. The van der Waals surface area contributed by atoms with E-state index in [1.54, 1.807) is 11.3 Å². The summed E-state index contributed by atoms with van der Waals surface area (Å²) < 4.78 is 0.